The summed E-state index contributed by atoms with van der Waals surface area (Å²) in [5, 5.41) is 12.0. The fourth-order valence-electron chi connectivity index (χ4n) is 1.81. The van der Waals surface area contributed by atoms with E-state index in [0.29, 0.717) is 6.42 Å². The predicted octanol–water partition coefficient (Wildman–Crippen LogP) is 3.11. The molecule has 1 rings (SSSR count). The normalized spacial score (nSPS) is 11.0. The number of hydrogen-bond acceptors (Lipinski definition) is 3. The molecule has 3 heteroatoms. The van der Waals surface area contributed by atoms with Crippen LogP contribution in [-0.2, 0) is 6.54 Å². The molecule has 1 aromatic carbocycles. The molecule has 1 N–H and O–H groups in total. The monoisotopic (exact) mass is 246 g/mol. The predicted molar refractivity (Wildman–Crippen MR) is 73.3 cm³/mol. The van der Waals surface area contributed by atoms with Crippen LogP contribution in [0.4, 0.5) is 0 Å². The van der Waals surface area contributed by atoms with E-state index in [9.17, 15) is 0 Å². The maximum absolute atomic E-state index is 8.61. The van der Waals surface area contributed by atoms with E-state index in [4.69, 9.17) is 10.00 Å². The molecule has 0 saturated heterocycles. The first-order valence-electron chi connectivity index (χ1n) is 6.28. The van der Waals surface area contributed by atoms with Gasteiger partial charge < -0.3 is 10.1 Å². The minimum atomic E-state index is 0.161. The molecule has 0 fully saturated rings. The van der Waals surface area contributed by atoms with Crippen molar-refractivity contribution in [2.24, 2.45) is 5.41 Å². The summed E-state index contributed by atoms with van der Waals surface area (Å²) in [5.41, 5.74) is 1.37. The van der Waals surface area contributed by atoms with E-state index >= 15 is 0 Å². The zero-order valence-corrected chi connectivity index (χ0v) is 11.5. The smallest absolute Gasteiger partial charge is 0.119 e. The summed E-state index contributed by atoms with van der Waals surface area (Å²) in [5.74, 6) is 0.887. The van der Waals surface area contributed by atoms with Crippen LogP contribution in [0.5, 0.6) is 5.75 Å². The lowest BCUT2D eigenvalue weighted by Crippen LogP contribution is -2.29. The quantitative estimate of drug-likeness (QED) is 0.804. The van der Waals surface area contributed by atoms with Gasteiger partial charge in [-0.1, -0.05) is 26.0 Å². The molecule has 0 spiro atoms. The molecule has 18 heavy (non-hydrogen) atoms. The standard InChI is InChI=1S/C15H22N2O/c1-15(2,8-5-9-16)12-17-11-13-6-4-7-14(10-13)18-3/h4,6-7,10,17H,5,8,11-12H2,1-3H3. The van der Waals surface area contributed by atoms with Gasteiger partial charge in [0.05, 0.1) is 13.2 Å². The van der Waals surface area contributed by atoms with Crippen molar-refractivity contribution in [2.45, 2.75) is 33.2 Å². The molecular weight excluding hydrogens is 224 g/mol. The molecule has 0 radical (unpaired) electrons. The Morgan fingerprint density at radius 2 is 2.17 bits per heavy atom. The zero-order chi connectivity index (χ0) is 13.4. The van der Waals surface area contributed by atoms with Crippen LogP contribution in [0.25, 0.3) is 0 Å². The molecule has 98 valence electrons. The molecule has 0 unspecified atom stereocenters. The molecule has 0 bridgehead atoms. The van der Waals surface area contributed by atoms with Crippen LogP contribution >= 0.6 is 0 Å². The van der Waals surface area contributed by atoms with Gasteiger partial charge in [-0.3, -0.25) is 0 Å². The average molecular weight is 246 g/mol. The van der Waals surface area contributed by atoms with Crippen LogP contribution < -0.4 is 10.1 Å². The first-order chi connectivity index (χ1) is 8.57. The Morgan fingerprint density at radius 1 is 1.39 bits per heavy atom. The molecule has 0 aromatic heterocycles. The van der Waals surface area contributed by atoms with E-state index in [1.165, 1.54) is 5.56 Å². The van der Waals surface area contributed by atoms with E-state index in [1.54, 1.807) is 7.11 Å². The largest absolute Gasteiger partial charge is 0.497 e. The number of benzene rings is 1. The van der Waals surface area contributed by atoms with Crippen LogP contribution in [-0.4, -0.2) is 13.7 Å². The number of nitrogens with zero attached hydrogens (tertiary/aromatic N) is 1. The summed E-state index contributed by atoms with van der Waals surface area (Å²) in [6.07, 6.45) is 1.54. The van der Waals surface area contributed by atoms with E-state index in [-0.39, 0.29) is 5.41 Å². The lowest BCUT2D eigenvalue weighted by molar-refractivity contribution is 0.317. The average Bonchev–Trinajstić information content (AvgIpc) is 2.36. The van der Waals surface area contributed by atoms with E-state index in [1.807, 2.05) is 18.2 Å². The van der Waals surface area contributed by atoms with Crippen LogP contribution in [0.3, 0.4) is 0 Å². The van der Waals surface area contributed by atoms with Crippen molar-refractivity contribution in [3.05, 3.63) is 29.8 Å². The number of rotatable bonds is 7. The second-order valence-corrected chi connectivity index (χ2v) is 5.28. The molecule has 0 amide bonds. The van der Waals surface area contributed by atoms with Gasteiger partial charge >= 0.3 is 0 Å². The van der Waals surface area contributed by atoms with Gasteiger partial charge in [-0.25, -0.2) is 0 Å². The van der Waals surface area contributed by atoms with E-state index in [0.717, 1.165) is 25.3 Å². The molecule has 0 saturated carbocycles. The lowest BCUT2D eigenvalue weighted by Gasteiger charge is -2.23. The molecule has 1 aromatic rings. The van der Waals surface area contributed by atoms with Crippen molar-refractivity contribution in [2.75, 3.05) is 13.7 Å². The summed E-state index contributed by atoms with van der Waals surface area (Å²) in [7, 11) is 1.68. The molecule has 0 heterocycles. The number of ether oxygens (including phenoxy) is 1. The summed E-state index contributed by atoms with van der Waals surface area (Å²) in [6.45, 7) is 6.10. The van der Waals surface area contributed by atoms with Crippen LogP contribution in [0, 0.1) is 16.7 Å². The second-order valence-electron chi connectivity index (χ2n) is 5.28. The second kappa shape index (κ2) is 7.03. The Hall–Kier alpha value is -1.53. The fourth-order valence-corrected chi connectivity index (χ4v) is 1.81. The van der Waals surface area contributed by atoms with Crippen molar-refractivity contribution in [3.63, 3.8) is 0 Å². The Labute approximate surface area is 110 Å². The topological polar surface area (TPSA) is 45.0 Å². The van der Waals surface area contributed by atoms with Crippen molar-refractivity contribution in [1.82, 2.24) is 5.32 Å². The van der Waals surface area contributed by atoms with E-state index in [2.05, 4.69) is 31.3 Å². The number of hydrogen-bond donors (Lipinski definition) is 1. The highest BCUT2D eigenvalue weighted by molar-refractivity contribution is 5.28. The van der Waals surface area contributed by atoms with Crippen molar-refractivity contribution in [1.29, 1.82) is 5.26 Å². The third-order valence-corrected chi connectivity index (χ3v) is 2.98. The minimum Gasteiger partial charge on any atom is -0.497 e. The van der Waals surface area contributed by atoms with Gasteiger partial charge in [0.2, 0.25) is 0 Å². The summed E-state index contributed by atoms with van der Waals surface area (Å²) >= 11 is 0. The van der Waals surface area contributed by atoms with Gasteiger partial charge in [0.15, 0.2) is 0 Å². The van der Waals surface area contributed by atoms with Crippen molar-refractivity contribution >= 4 is 0 Å². The number of nitriles is 1. The number of nitrogens with one attached hydrogen (secondary N) is 1. The van der Waals surface area contributed by atoms with Crippen LogP contribution in [0.1, 0.15) is 32.3 Å². The SMILES string of the molecule is COc1cccc(CNCC(C)(C)CCC#N)c1. The van der Waals surface area contributed by atoms with Gasteiger partial charge in [-0.05, 0) is 29.5 Å². The Balaban J connectivity index is 2.39. The highest BCUT2D eigenvalue weighted by atomic mass is 16.5. The van der Waals surface area contributed by atoms with Crippen LogP contribution in [0.15, 0.2) is 24.3 Å². The molecule has 0 aliphatic rings. The molecular formula is C15H22N2O. The zero-order valence-electron chi connectivity index (χ0n) is 11.5. The number of methoxy groups -OCH3 is 1. The summed E-state index contributed by atoms with van der Waals surface area (Å²) < 4.78 is 5.19. The molecule has 0 aliphatic carbocycles. The van der Waals surface area contributed by atoms with Crippen LogP contribution in [0.2, 0.25) is 0 Å². The van der Waals surface area contributed by atoms with Gasteiger partial charge in [0.1, 0.15) is 5.75 Å². The Morgan fingerprint density at radius 3 is 2.83 bits per heavy atom. The third kappa shape index (κ3) is 5.20. The van der Waals surface area contributed by atoms with Gasteiger partial charge in [0, 0.05) is 19.5 Å². The molecule has 3 nitrogen and oxygen atoms in total. The minimum absolute atomic E-state index is 0.161. The third-order valence-electron chi connectivity index (χ3n) is 2.98. The van der Waals surface area contributed by atoms with E-state index < -0.39 is 0 Å². The highest BCUT2D eigenvalue weighted by Gasteiger charge is 2.16. The first kappa shape index (κ1) is 14.5. The molecule has 0 atom stereocenters. The van der Waals surface area contributed by atoms with Crippen molar-refractivity contribution < 1.29 is 4.74 Å². The van der Waals surface area contributed by atoms with Gasteiger partial charge in [-0.15, -0.1) is 0 Å². The van der Waals surface area contributed by atoms with Gasteiger partial charge in [0.25, 0.3) is 0 Å². The Bertz CT molecular complexity index is 407. The van der Waals surface area contributed by atoms with Crippen molar-refractivity contribution in [3.8, 4) is 11.8 Å². The molecule has 0 aliphatic heterocycles. The highest BCUT2D eigenvalue weighted by Crippen LogP contribution is 2.21. The maximum Gasteiger partial charge on any atom is 0.119 e. The maximum atomic E-state index is 8.61. The van der Waals surface area contributed by atoms with Gasteiger partial charge in [-0.2, -0.15) is 5.26 Å². The Kier molecular flexibility index (Phi) is 5.67. The summed E-state index contributed by atoms with van der Waals surface area (Å²) in [4.78, 5) is 0. The lowest BCUT2D eigenvalue weighted by atomic mass is 9.88. The summed E-state index contributed by atoms with van der Waals surface area (Å²) in [6, 6.07) is 10.3. The first-order valence-corrected chi connectivity index (χ1v) is 6.28. The fraction of sp³-hybridized carbons (Fsp3) is 0.533.